The standard InChI is InChI=1S/C16H17NO4/c1-3-20-14-9-8-12(10-15(14)21-4-2)6-5-7-13(11-17)16(18)19/h5-10H,3-4H2,1-2H3,(H,18,19). The summed E-state index contributed by atoms with van der Waals surface area (Å²) in [5.74, 6) is 0.0448. The molecule has 0 saturated carbocycles. The monoisotopic (exact) mass is 287 g/mol. The van der Waals surface area contributed by atoms with Crippen molar-refractivity contribution in [1.29, 1.82) is 5.26 Å². The number of aliphatic carboxylic acids is 1. The molecule has 0 atom stereocenters. The topological polar surface area (TPSA) is 79.5 Å². The van der Waals surface area contributed by atoms with E-state index in [1.807, 2.05) is 19.9 Å². The van der Waals surface area contributed by atoms with Crippen LogP contribution in [0.1, 0.15) is 19.4 Å². The molecule has 0 aliphatic heterocycles. The molecule has 5 heteroatoms. The molecule has 21 heavy (non-hydrogen) atoms. The van der Waals surface area contributed by atoms with Crippen molar-refractivity contribution in [2.24, 2.45) is 0 Å². The summed E-state index contributed by atoms with van der Waals surface area (Å²) in [6.45, 7) is 4.84. The second kappa shape index (κ2) is 8.43. The largest absolute Gasteiger partial charge is 0.490 e. The highest BCUT2D eigenvalue weighted by Crippen LogP contribution is 2.29. The molecule has 0 fully saturated rings. The summed E-state index contributed by atoms with van der Waals surface area (Å²) in [7, 11) is 0. The van der Waals surface area contributed by atoms with Gasteiger partial charge in [-0.15, -0.1) is 0 Å². The van der Waals surface area contributed by atoms with Crippen molar-refractivity contribution in [2.75, 3.05) is 13.2 Å². The summed E-state index contributed by atoms with van der Waals surface area (Å²) in [6, 6.07) is 7.02. The summed E-state index contributed by atoms with van der Waals surface area (Å²) >= 11 is 0. The van der Waals surface area contributed by atoms with E-state index < -0.39 is 5.97 Å². The molecule has 0 amide bonds. The van der Waals surface area contributed by atoms with Crippen LogP contribution in [0.25, 0.3) is 6.08 Å². The summed E-state index contributed by atoms with van der Waals surface area (Å²) in [5, 5.41) is 17.4. The van der Waals surface area contributed by atoms with Crippen LogP contribution in [0.15, 0.2) is 35.9 Å². The van der Waals surface area contributed by atoms with Crippen molar-refractivity contribution < 1.29 is 19.4 Å². The highest BCUT2D eigenvalue weighted by Gasteiger charge is 2.05. The SMILES string of the molecule is CCOc1ccc(C=CC=C(C#N)C(=O)O)cc1OCC. The van der Waals surface area contributed by atoms with E-state index in [9.17, 15) is 4.79 Å². The number of hydrogen-bond acceptors (Lipinski definition) is 4. The fourth-order valence-electron chi connectivity index (χ4n) is 1.58. The molecule has 0 radical (unpaired) electrons. The zero-order chi connectivity index (χ0) is 15.7. The Bertz CT molecular complexity index is 597. The van der Waals surface area contributed by atoms with Gasteiger partial charge in [-0.1, -0.05) is 18.2 Å². The molecule has 1 aromatic carbocycles. The Balaban J connectivity index is 2.97. The lowest BCUT2D eigenvalue weighted by atomic mass is 10.1. The van der Waals surface area contributed by atoms with E-state index in [1.54, 1.807) is 24.3 Å². The molecule has 0 saturated heterocycles. The Morgan fingerprint density at radius 2 is 1.95 bits per heavy atom. The van der Waals surface area contributed by atoms with E-state index in [2.05, 4.69) is 0 Å². The van der Waals surface area contributed by atoms with Gasteiger partial charge in [-0.2, -0.15) is 5.26 Å². The van der Waals surface area contributed by atoms with E-state index in [0.29, 0.717) is 24.7 Å². The van der Waals surface area contributed by atoms with Crippen LogP contribution in [0.5, 0.6) is 11.5 Å². The van der Waals surface area contributed by atoms with Crippen LogP contribution in [-0.4, -0.2) is 24.3 Å². The van der Waals surface area contributed by atoms with E-state index in [4.69, 9.17) is 19.8 Å². The zero-order valence-corrected chi connectivity index (χ0v) is 12.0. The van der Waals surface area contributed by atoms with Gasteiger partial charge < -0.3 is 14.6 Å². The van der Waals surface area contributed by atoms with Gasteiger partial charge in [0.2, 0.25) is 0 Å². The molecule has 1 aromatic rings. The Morgan fingerprint density at radius 1 is 1.29 bits per heavy atom. The van der Waals surface area contributed by atoms with Crippen LogP contribution in [0.4, 0.5) is 0 Å². The third-order valence-electron chi connectivity index (χ3n) is 2.47. The van der Waals surface area contributed by atoms with Crippen LogP contribution >= 0.6 is 0 Å². The van der Waals surface area contributed by atoms with Gasteiger partial charge in [0.25, 0.3) is 0 Å². The summed E-state index contributed by atoms with van der Waals surface area (Å²) in [6.07, 6.45) is 4.45. The first-order valence-corrected chi connectivity index (χ1v) is 6.53. The molecule has 0 unspecified atom stereocenters. The number of benzene rings is 1. The van der Waals surface area contributed by atoms with E-state index in [0.717, 1.165) is 5.56 Å². The summed E-state index contributed by atoms with van der Waals surface area (Å²) in [5.41, 5.74) is 0.503. The first kappa shape index (κ1) is 16.3. The van der Waals surface area contributed by atoms with Crippen LogP contribution in [0, 0.1) is 11.3 Å². The van der Waals surface area contributed by atoms with Crippen LogP contribution in [0.3, 0.4) is 0 Å². The molecular formula is C16H17NO4. The van der Waals surface area contributed by atoms with E-state index in [1.165, 1.54) is 12.2 Å². The Hall–Kier alpha value is -2.74. The van der Waals surface area contributed by atoms with Crippen LogP contribution in [0.2, 0.25) is 0 Å². The average molecular weight is 287 g/mol. The number of allylic oxidation sites excluding steroid dienone is 2. The molecular weight excluding hydrogens is 270 g/mol. The minimum absolute atomic E-state index is 0.317. The Labute approximate surface area is 123 Å². The highest BCUT2D eigenvalue weighted by atomic mass is 16.5. The maximum atomic E-state index is 10.7. The lowest BCUT2D eigenvalue weighted by molar-refractivity contribution is -0.132. The van der Waals surface area contributed by atoms with Gasteiger partial charge in [-0.25, -0.2) is 4.79 Å². The van der Waals surface area contributed by atoms with Crippen molar-refractivity contribution in [2.45, 2.75) is 13.8 Å². The first-order chi connectivity index (χ1) is 10.1. The fourth-order valence-corrected chi connectivity index (χ4v) is 1.58. The maximum Gasteiger partial charge on any atom is 0.346 e. The van der Waals surface area contributed by atoms with Gasteiger partial charge in [-0.3, -0.25) is 0 Å². The number of hydrogen-bond donors (Lipinski definition) is 1. The molecule has 0 aromatic heterocycles. The second-order valence-electron chi connectivity index (χ2n) is 3.93. The lowest BCUT2D eigenvalue weighted by Gasteiger charge is -2.11. The Morgan fingerprint density at radius 3 is 2.52 bits per heavy atom. The summed E-state index contributed by atoms with van der Waals surface area (Å²) < 4.78 is 11.0. The molecule has 0 aliphatic carbocycles. The number of nitriles is 1. The number of carbonyl (C=O) groups is 1. The predicted molar refractivity (Wildman–Crippen MR) is 79.1 cm³/mol. The molecule has 110 valence electrons. The lowest BCUT2D eigenvalue weighted by Crippen LogP contribution is -1.98. The molecule has 0 spiro atoms. The normalized spacial score (nSPS) is 11.2. The average Bonchev–Trinajstić information content (AvgIpc) is 2.46. The molecule has 5 nitrogen and oxygen atoms in total. The minimum Gasteiger partial charge on any atom is -0.490 e. The van der Waals surface area contributed by atoms with Crippen molar-refractivity contribution in [1.82, 2.24) is 0 Å². The smallest absolute Gasteiger partial charge is 0.346 e. The molecule has 0 bridgehead atoms. The predicted octanol–water partition coefficient (Wildman–Crippen LogP) is 3.03. The number of ether oxygens (including phenoxy) is 2. The quantitative estimate of drug-likeness (QED) is 0.473. The number of carboxylic acid groups (broad SMARTS) is 1. The number of carboxylic acids is 1. The van der Waals surface area contributed by atoms with E-state index in [-0.39, 0.29) is 5.57 Å². The fraction of sp³-hybridized carbons (Fsp3) is 0.250. The third kappa shape index (κ3) is 5.03. The second-order valence-corrected chi connectivity index (χ2v) is 3.93. The molecule has 0 heterocycles. The van der Waals surface area contributed by atoms with Crippen LogP contribution in [-0.2, 0) is 4.79 Å². The molecule has 1 N–H and O–H groups in total. The van der Waals surface area contributed by atoms with Gasteiger partial charge in [0, 0.05) is 0 Å². The van der Waals surface area contributed by atoms with Gasteiger partial charge >= 0.3 is 5.97 Å². The third-order valence-corrected chi connectivity index (χ3v) is 2.47. The van der Waals surface area contributed by atoms with Gasteiger partial charge in [0.05, 0.1) is 13.2 Å². The van der Waals surface area contributed by atoms with Crippen molar-refractivity contribution in [3.8, 4) is 17.6 Å². The maximum absolute atomic E-state index is 10.7. The van der Waals surface area contributed by atoms with Crippen molar-refractivity contribution in [3.05, 3.63) is 41.5 Å². The van der Waals surface area contributed by atoms with Gasteiger partial charge in [0.15, 0.2) is 11.5 Å². The van der Waals surface area contributed by atoms with Crippen molar-refractivity contribution in [3.63, 3.8) is 0 Å². The minimum atomic E-state index is -1.25. The van der Waals surface area contributed by atoms with Gasteiger partial charge in [-0.05, 0) is 37.6 Å². The molecule has 0 aliphatic rings. The Kier molecular flexibility index (Phi) is 6.55. The summed E-state index contributed by atoms with van der Waals surface area (Å²) in [4.78, 5) is 10.7. The van der Waals surface area contributed by atoms with E-state index >= 15 is 0 Å². The number of nitrogens with zero attached hydrogens (tertiary/aromatic N) is 1. The zero-order valence-electron chi connectivity index (χ0n) is 12.0. The van der Waals surface area contributed by atoms with Gasteiger partial charge in [0.1, 0.15) is 11.6 Å². The molecule has 1 rings (SSSR count). The van der Waals surface area contributed by atoms with Crippen LogP contribution < -0.4 is 9.47 Å². The van der Waals surface area contributed by atoms with Crippen molar-refractivity contribution >= 4 is 12.0 Å². The highest BCUT2D eigenvalue weighted by molar-refractivity contribution is 5.91. The first-order valence-electron chi connectivity index (χ1n) is 6.53. The number of rotatable bonds is 7.